The van der Waals surface area contributed by atoms with Crippen LogP contribution in [0.4, 0.5) is 0 Å². The van der Waals surface area contributed by atoms with E-state index in [1.54, 1.807) is 0 Å². The van der Waals surface area contributed by atoms with Crippen molar-refractivity contribution >= 4 is 17.7 Å². The zero-order valence-electron chi connectivity index (χ0n) is 17.1. The van der Waals surface area contributed by atoms with Crippen molar-refractivity contribution in [1.29, 1.82) is 0 Å². The molecule has 1 aliphatic heterocycles. The van der Waals surface area contributed by atoms with Crippen molar-refractivity contribution in [1.82, 2.24) is 20.1 Å². The molecule has 0 atom stereocenters. The molecule has 7 nitrogen and oxygen atoms in total. The van der Waals surface area contributed by atoms with Gasteiger partial charge in [-0.3, -0.25) is 4.79 Å². The molecule has 1 aliphatic rings. The summed E-state index contributed by atoms with van der Waals surface area (Å²) < 4.78 is 13.3. The summed E-state index contributed by atoms with van der Waals surface area (Å²) in [5.74, 6) is 2.44. The molecule has 1 amide bonds. The van der Waals surface area contributed by atoms with E-state index in [0.717, 1.165) is 34.4 Å². The molecule has 2 aromatic carbocycles. The van der Waals surface area contributed by atoms with Gasteiger partial charge in [-0.25, -0.2) is 0 Å². The number of hydrogen-bond donors (Lipinski definition) is 1. The van der Waals surface area contributed by atoms with E-state index in [-0.39, 0.29) is 11.7 Å². The highest BCUT2D eigenvalue weighted by atomic mass is 32.2. The van der Waals surface area contributed by atoms with Crippen LogP contribution in [0.25, 0.3) is 11.4 Å². The molecule has 3 aromatic rings. The molecular weight excluding hydrogens is 400 g/mol. The van der Waals surface area contributed by atoms with Crippen LogP contribution < -0.4 is 14.8 Å². The molecule has 8 heteroatoms. The van der Waals surface area contributed by atoms with Gasteiger partial charge in [-0.05, 0) is 26.0 Å². The Kier molecular flexibility index (Phi) is 6.23. The van der Waals surface area contributed by atoms with Gasteiger partial charge in [0.15, 0.2) is 22.5 Å². The largest absolute Gasteiger partial charge is 0.486 e. The average Bonchev–Trinajstić information content (AvgIpc) is 3.19. The fourth-order valence-electron chi connectivity index (χ4n) is 3.33. The Morgan fingerprint density at radius 3 is 2.83 bits per heavy atom. The summed E-state index contributed by atoms with van der Waals surface area (Å²) in [5.41, 5.74) is 3.10. The lowest BCUT2D eigenvalue weighted by Crippen LogP contribution is -2.26. The predicted molar refractivity (Wildman–Crippen MR) is 116 cm³/mol. The lowest BCUT2D eigenvalue weighted by molar-refractivity contribution is -0.118. The van der Waals surface area contributed by atoms with E-state index < -0.39 is 0 Å². The lowest BCUT2D eigenvalue weighted by Gasteiger charge is -2.21. The standard InChI is InChI=1S/C22H24N4O3S/c1-3-26-21(16-7-4-6-15(2)12-16)24-25-22(26)30-14-19(27)23-13-17-8-5-9-18-20(17)29-11-10-28-18/h4-9,12H,3,10-11,13-14H2,1-2H3,(H,23,27). The third kappa shape index (κ3) is 4.43. The number of para-hydroxylation sites is 1. The first kappa shape index (κ1) is 20.3. The fourth-order valence-corrected chi connectivity index (χ4v) is 4.16. The van der Waals surface area contributed by atoms with Gasteiger partial charge in [-0.15, -0.1) is 10.2 Å². The minimum atomic E-state index is -0.0721. The fraction of sp³-hybridized carbons (Fsp3) is 0.318. The monoisotopic (exact) mass is 424 g/mol. The van der Waals surface area contributed by atoms with Gasteiger partial charge in [-0.2, -0.15) is 0 Å². The van der Waals surface area contributed by atoms with E-state index >= 15 is 0 Å². The van der Waals surface area contributed by atoms with Gasteiger partial charge >= 0.3 is 0 Å². The van der Waals surface area contributed by atoms with Crippen molar-refractivity contribution in [2.24, 2.45) is 0 Å². The highest BCUT2D eigenvalue weighted by Gasteiger charge is 2.17. The second-order valence-corrected chi connectivity index (χ2v) is 7.87. The van der Waals surface area contributed by atoms with E-state index in [0.29, 0.717) is 25.5 Å². The molecule has 0 saturated heterocycles. The number of nitrogens with zero attached hydrogens (tertiary/aromatic N) is 3. The number of carbonyl (C=O) groups excluding carboxylic acids is 1. The zero-order valence-corrected chi connectivity index (χ0v) is 17.9. The molecule has 0 radical (unpaired) electrons. The summed E-state index contributed by atoms with van der Waals surface area (Å²) in [7, 11) is 0. The van der Waals surface area contributed by atoms with Crippen LogP contribution in [0.2, 0.25) is 0 Å². The Balaban J connectivity index is 1.38. The molecule has 1 N–H and O–H groups in total. The predicted octanol–water partition coefficient (Wildman–Crippen LogP) is 3.45. The molecule has 0 bridgehead atoms. The number of fused-ring (bicyclic) bond motifs is 1. The first-order valence-electron chi connectivity index (χ1n) is 9.93. The number of thioether (sulfide) groups is 1. The van der Waals surface area contributed by atoms with Crippen LogP contribution >= 0.6 is 11.8 Å². The Morgan fingerprint density at radius 1 is 1.17 bits per heavy atom. The lowest BCUT2D eigenvalue weighted by atomic mass is 10.1. The van der Waals surface area contributed by atoms with Gasteiger partial charge in [0.2, 0.25) is 5.91 Å². The van der Waals surface area contributed by atoms with E-state index in [1.165, 1.54) is 17.3 Å². The molecule has 0 unspecified atom stereocenters. The van der Waals surface area contributed by atoms with Gasteiger partial charge < -0.3 is 19.4 Å². The number of rotatable bonds is 7. The maximum absolute atomic E-state index is 12.4. The van der Waals surface area contributed by atoms with Crippen molar-refractivity contribution in [3.8, 4) is 22.9 Å². The highest BCUT2D eigenvalue weighted by Crippen LogP contribution is 2.33. The SMILES string of the molecule is CCn1c(SCC(=O)NCc2cccc3c2OCCO3)nnc1-c1cccc(C)c1. The normalized spacial score (nSPS) is 12.6. The number of ether oxygens (including phenoxy) is 2. The molecule has 0 fully saturated rings. The third-order valence-corrected chi connectivity index (χ3v) is 5.73. The number of aromatic nitrogens is 3. The minimum absolute atomic E-state index is 0.0721. The summed E-state index contributed by atoms with van der Waals surface area (Å²) >= 11 is 1.38. The van der Waals surface area contributed by atoms with Crippen LogP contribution in [0, 0.1) is 6.92 Å². The van der Waals surface area contributed by atoms with Crippen LogP contribution in [-0.4, -0.2) is 39.6 Å². The Bertz CT molecular complexity index is 1050. The van der Waals surface area contributed by atoms with Crippen LogP contribution in [0.3, 0.4) is 0 Å². The van der Waals surface area contributed by atoms with Gasteiger partial charge in [0.1, 0.15) is 13.2 Å². The Hall–Kier alpha value is -3.00. The zero-order chi connectivity index (χ0) is 20.9. The summed E-state index contributed by atoms with van der Waals surface area (Å²) in [6, 6.07) is 13.9. The van der Waals surface area contributed by atoms with Crippen LogP contribution in [0.15, 0.2) is 47.6 Å². The second-order valence-electron chi connectivity index (χ2n) is 6.93. The maximum Gasteiger partial charge on any atom is 0.230 e. The van der Waals surface area contributed by atoms with E-state index in [1.807, 2.05) is 41.8 Å². The van der Waals surface area contributed by atoms with Gasteiger partial charge in [0.25, 0.3) is 0 Å². The highest BCUT2D eigenvalue weighted by molar-refractivity contribution is 7.99. The van der Waals surface area contributed by atoms with Crippen LogP contribution in [-0.2, 0) is 17.9 Å². The van der Waals surface area contributed by atoms with Crippen molar-refractivity contribution in [2.75, 3.05) is 19.0 Å². The molecule has 156 valence electrons. The molecule has 1 aromatic heterocycles. The van der Waals surface area contributed by atoms with Gasteiger partial charge in [0, 0.05) is 24.2 Å². The Labute approximate surface area is 179 Å². The van der Waals surface area contributed by atoms with E-state index in [9.17, 15) is 4.79 Å². The topological polar surface area (TPSA) is 78.3 Å². The molecule has 30 heavy (non-hydrogen) atoms. The molecular formula is C22H24N4O3S. The number of carbonyl (C=O) groups is 1. The number of aryl methyl sites for hydroxylation is 1. The van der Waals surface area contributed by atoms with Gasteiger partial charge in [-0.1, -0.05) is 47.7 Å². The summed E-state index contributed by atoms with van der Waals surface area (Å²) in [6.07, 6.45) is 0. The first-order chi connectivity index (χ1) is 14.7. The molecule has 4 rings (SSSR count). The number of benzene rings is 2. The second kappa shape index (κ2) is 9.21. The first-order valence-corrected chi connectivity index (χ1v) is 10.9. The number of hydrogen-bond acceptors (Lipinski definition) is 6. The molecule has 2 heterocycles. The minimum Gasteiger partial charge on any atom is -0.486 e. The third-order valence-electron chi connectivity index (χ3n) is 4.77. The molecule has 0 saturated carbocycles. The summed E-state index contributed by atoms with van der Waals surface area (Å²) in [6.45, 7) is 6.28. The van der Waals surface area contributed by atoms with Crippen molar-refractivity contribution in [2.45, 2.75) is 32.1 Å². The Morgan fingerprint density at radius 2 is 2.00 bits per heavy atom. The summed E-state index contributed by atoms with van der Waals surface area (Å²) in [5, 5.41) is 12.3. The van der Waals surface area contributed by atoms with Crippen LogP contribution in [0.5, 0.6) is 11.5 Å². The van der Waals surface area contributed by atoms with Crippen LogP contribution in [0.1, 0.15) is 18.1 Å². The number of nitrogens with one attached hydrogen (secondary N) is 1. The van der Waals surface area contributed by atoms with E-state index in [4.69, 9.17) is 9.47 Å². The van der Waals surface area contributed by atoms with Crippen molar-refractivity contribution < 1.29 is 14.3 Å². The van der Waals surface area contributed by atoms with E-state index in [2.05, 4.69) is 34.6 Å². The summed E-state index contributed by atoms with van der Waals surface area (Å²) in [4.78, 5) is 12.4. The maximum atomic E-state index is 12.4. The molecule has 0 aliphatic carbocycles. The number of amides is 1. The van der Waals surface area contributed by atoms with Crippen molar-refractivity contribution in [3.63, 3.8) is 0 Å². The molecule has 0 spiro atoms. The van der Waals surface area contributed by atoms with Crippen molar-refractivity contribution in [3.05, 3.63) is 53.6 Å². The average molecular weight is 425 g/mol. The quantitative estimate of drug-likeness (QED) is 0.586. The van der Waals surface area contributed by atoms with Gasteiger partial charge in [0.05, 0.1) is 5.75 Å². The smallest absolute Gasteiger partial charge is 0.230 e.